The van der Waals surface area contributed by atoms with Gasteiger partial charge in [0.05, 0.1) is 15.8 Å². The molecule has 0 saturated carbocycles. The number of hydrazine groups is 1. The van der Waals surface area contributed by atoms with Crippen molar-refractivity contribution in [1.29, 1.82) is 0 Å². The van der Waals surface area contributed by atoms with Crippen LogP contribution in [0, 0.1) is 0 Å². The lowest BCUT2D eigenvalue weighted by molar-refractivity contribution is 0.0916. The summed E-state index contributed by atoms with van der Waals surface area (Å²) in [5, 5.41) is 0. The van der Waals surface area contributed by atoms with Gasteiger partial charge < -0.3 is 4.74 Å². The van der Waals surface area contributed by atoms with E-state index in [1.165, 1.54) is 0 Å². The number of halogens is 1. The molecule has 0 aliphatic rings. The van der Waals surface area contributed by atoms with Crippen molar-refractivity contribution in [3.8, 4) is 0 Å². The van der Waals surface area contributed by atoms with Crippen LogP contribution in [0.5, 0.6) is 0 Å². The second-order valence-corrected chi connectivity index (χ2v) is 4.12. The zero-order valence-electron chi connectivity index (χ0n) is 7.87. The number of thiophene rings is 1. The number of carbonyl (C=O) groups excluding carboxylic acids is 2. The number of ether oxygens (including phenoxy) is 1. The van der Waals surface area contributed by atoms with E-state index in [1.807, 2.05) is 0 Å². The highest BCUT2D eigenvalue weighted by Gasteiger charge is 2.09. The molecule has 5 nitrogen and oxygen atoms in total. The third-order valence-electron chi connectivity index (χ3n) is 1.35. The van der Waals surface area contributed by atoms with Gasteiger partial charge in [-0.05, 0) is 19.1 Å². The van der Waals surface area contributed by atoms with Gasteiger partial charge in [-0.25, -0.2) is 10.2 Å². The third kappa shape index (κ3) is 3.77. The number of hydrogen-bond donors (Lipinski definition) is 2. The van der Waals surface area contributed by atoms with E-state index in [0.717, 1.165) is 11.3 Å². The Morgan fingerprint density at radius 1 is 1.47 bits per heavy atom. The summed E-state index contributed by atoms with van der Waals surface area (Å²) in [5.41, 5.74) is 4.28. The third-order valence-corrected chi connectivity index (χ3v) is 2.58. The summed E-state index contributed by atoms with van der Waals surface area (Å²) in [5.74, 6) is -0.431. The molecule has 0 atom stereocenters. The van der Waals surface area contributed by atoms with E-state index in [0.29, 0.717) is 9.21 Å². The van der Waals surface area contributed by atoms with E-state index in [4.69, 9.17) is 11.6 Å². The van der Waals surface area contributed by atoms with Gasteiger partial charge in [0, 0.05) is 0 Å². The van der Waals surface area contributed by atoms with Crippen LogP contribution in [-0.4, -0.2) is 18.6 Å². The molecule has 1 heterocycles. The first kappa shape index (κ1) is 11.8. The van der Waals surface area contributed by atoms with Crippen LogP contribution in [0.4, 0.5) is 4.79 Å². The minimum Gasteiger partial charge on any atom is -0.449 e. The van der Waals surface area contributed by atoms with Gasteiger partial charge in [0.15, 0.2) is 0 Å². The Morgan fingerprint density at radius 3 is 2.73 bits per heavy atom. The molecule has 1 aromatic rings. The van der Waals surface area contributed by atoms with Crippen molar-refractivity contribution in [3.63, 3.8) is 0 Å². The summed E-state index contributed by atoms with van der Waals surface area (Å²) in [7, 11) is 0. The van der Waals surface area contributed by atoms with E-state index < -0.39 is 12.0 Å². The largest absolute Gasteiger partial charge is 0.449 e. The van der Waals surface area contributed by atoms with Crippen LogP contribution in [-0.2, 0) is 4.74 Å². The summed E-state index contributed by atoms with van der Waals surface area (Å²) in [4.78, 5) is 22.6. The zero-order chi connectivity index (χ0) is 11.3. The fourth-order valence-electron chi connectivity index (χ4n) is 0.773. The molecule has 1 aromatic heterocycles. The Labute approximate surface area is 95.3 Å². The maximum atomic E-state index is 11.3. The molecule has 0 radical (unpaired) electrons. The van der Waals surface area contributed by atoms with E-state index >= 15 is 0 Å². The highest BCUT2D eigenvalue weighted by atomic mass is 35.5. The molecule has 0 spiro atoms. The van der Waals surface area contributed by atoms with E-state index in [1.54, 1.807) is 19.1 Å². The Bertz CT molecular complexity index is 367. The quantitative estimate of drug-likeness (QED) is 0.784. The first-order chi connectivity index (χ1) is 7.13. The summed E-state index contributed by atoms with van der Waals surface area (Å²) in [6, 6.07) is 3.17. The topological polar surface area (TPSA) is 67.4 Å². The molecule has 7 heteroatoms. The minimum atomic E-state index is -0.700. The maximum absolute atomic E-state index is 11.3. The Hall–Kier alpha value is -1.27. The lowest BCUT2D eigenvalue weighted by atomic mass is 10.4. The molecule has 0 saturated heterocycles. The summed E-state index contributed by atoms with van der Waals surface area (Å²) in [6.07, 6.45) is -0.700. The maximum Gasteiger partial charge on any atom is 0.426 e. The van der Waals surface area contributed by atoms with Gasteiger partial charge >= 0.3 is 6.09 Å². The predicted molar refractivity (Wildman–Crippen MR) is 57.0 cm³/mol. The van der Waals surface area contributed by atoms with Crippen molar-refractivity contribution in [3.05, 3.63) is 21.3 Å². The van der Waals surface area contributed by atoms with Gasteiger partial charge in [0.1, 0.15) is 0 Å². The average Bonchev–Trinajstić information content (AvgIpc) is 2.62. The Kier molecular flexibility index (Phi) is 4.38. The van der Waals surface area contributed by atoms with Gasteiger partial charge in [0.2, 0.25) is 0 Å². The molecule has 2 N–H and O–H groups in total. The number of amides is 2. The molecule has 0 unspecified atom stereocenters. The van der Waals surface area contributed by atoms with Crippen LogP contribution in [0.25, 0.3) is 0 Å². The predicted octanol–water partition coefficient (Wildman–Crippen LogP) is 1.79. The summed E-state index contributed by atoms with van der Waals surface area (Å²) >= 11 is 6.77. The second-order valence-electron chi connectivity index (χ2n) is 2.40. The number of nitrogens with one attached hydrogen (secondary N) is 2. The molecule has 15 heavy (non-hydrogen) atoms. The highest BCUT2D eigenvalue weighted by Crippen LogP contribution is 2.20. The zero-order valence-corrected chi connectivity index (χ0v) is 9.45. The van der Waals surface area contributed by atoms with Crippen molar-refractivity contribution >= 4 is 34.9 Å². The van der Waals surface area contributed by atoms with Crippen molar-refractivity contribution in [2.24, 2.45) is 0 Å². The molecular formula is C8H9ClN2O3S. The molecule has 1 rings (SSSR count). The lowest BCUT2D eigenvalue weighted by Gasteiger charge is -2.05. The molecule has 0 aliphatic carbocycles. The van der Waals surface area contributed by atoms with Crippen molar-refractivity contribution in [1.82, 2.24) is 10.9 Å². The fraction of sp³-hybridized carbons (Fsp3) is 0.250. The Balaban J connectivity index is 2.40. The van der Waals surface area contributed by atoms with Gasteiger partial charge in [-0.15, -0.1) is 11.3 Å². The van der Waals surface area contributed by atoms with Crippen LogP contribution in [0.2, 0.25) is 4.34 Å². The monoisotopic (exact) mass is 248 g/mol. The van der Waals surface area contributed by atoms with Gasteiger partial charge in [0.25, 0.3) is 5.91 Å². The Morgan fingerprint density at radius 2 is 2.20 bits per heavy atom. The van der Waals surface area contributed by atoms with Crippen LogP contribution in [0.15, 0.2) is 12.1 Å². The van der Waals surface area contributed by atoms with E-state index in [9.17, 15) is 9.59 Å². The first-order valence-corrected chi connectivity index (χ1v) is 5.31. The molecule has 82 valence electrons. The standard InChI is InChI=1S/C8H9ClN2O3S/c1-2-14-8(13)11-10-7(12)5-3-4-6(9)15-5/h3-4H,2H2,1H3,(H,10,12)(H,11,13). The van der Waals surface area contributed by atoms with E-state index in [2.05, 4.69) is 15.6 Å². The second kappa shape index (κ2) is 5.57. The normalized spacial score (nSPS) is 9.47. The van der Waals surface area contributed by atoms with Gasteiger partial charge in [-0.3, -0.25) is 10.2 Å². The highest BCUT2D eigenvalue weighted by molar-refractivity contribution is 7.17. The van der Waals surface area contributed by atoms with Crippen LogP contribution < -0.4 is 10.9 Å². The molecule has 0 aromatic carbocycles. The summed E-state index contributed by atoms with van der Waals surface area (Å²) < 4.78 is 5.06. The van der Waals surface area contributed by atoms with Crippen molar-refractivity contribution in [2.45, 2.75) is 6.92 Å². The smallest absolute Gasteiger partial charge is 0.426 e. The minimum absolute atomic E-state index is 0.243. The first-order valence-electron chi connectivity index (χ1n) is 4.12. The van der Waals surface area contributed by atoms with Crippen molar-refractivity contribution in [2.75, 3.05) is 6.61 Å². The number of carbonyl (C=O) groups is 2. The molecule has 0 bridgehead atoms. The van der Waals surface area contributed by atoms with Gasteiger partial charge in [-0.2, -0.15) is 0 Å². The molecular weight excluding hydrogens is 240 g/mol. The summed E-state index contributed by atoms with van der Waals surface area (Å²) in [6.45, 7) is 1.91. The van der Waals surface area contributed by atoms with E-state index in [-0.39, 0.29) is 6.61 Å². The average molecular weight is 249 g/mol. The van der Waals surface area contributed by atoms with Crippen molar-refractivity contribution < 1.29 is 14.3 Å². The molecule has 0 fully saturated rings. The van der Waals surface area contributed by atoms with Crippen LogP contribution in [0.3, 0.4) is 0 Å². The number of hydrogen-bond acceptors (Lipinski definition) is 4. The number of rotatable bonds is 2. The molecule has 0 aliphatic heterocycles. The van der Waals surface area contributed by atoms with Crippen LogP contribution in [0.1, 0.15) is 16.6 Å². The molecule has 2 amide bonds. The lowest BCUT2D eigenvalue weighted by Crippen LogP contribution is -2.41. The van der Waals surface area contributed by atoms with Gasteiger partial charge in [-0.1, -0.05) is 11.6 Å². The SMILES string of the molecule is CCOC(=O)NNC(=O)c1ccc(Cl)s1. The van der Waals surface area contributed by atoms with Crippen LogP contribution >= 0.6 is 22.9 Å². The fourth-order valence-corrected chi connectivity index (χ4v) is 1.71.